The van der Waals surface area contributed by atoms with Crippen molar-refractivity contribution in [2.75, 3.05) is 0 Å². The number of rotatable bonds is 3. The number of fused-ring (bicyclic) bond motifs is 1. The Morgan fingerprint density at radius 2 is 2.20 bits per heavy atom. The smallest absolute Gasteiger partial charge is 0.189 e. The number of nitrogens with zero attached hydrogens (tertiary/aromatic N) is 3. The normalized spacial score (nSPS) is 18.2. The SMILES string of the molecule is NC(Cc1nc2nccnc2s1)C1CC1. The summed E-state index contributed by atoms with van der Waals surface area (Å²) >= 11 is 1.61. The number of nitrogens with two attached hydrogens (primary N) is 1. The molecule has 1 aliphatic carbocycles. The maximum atomic E-state index is 6.06. The van der Waals surface area contributed by atoms with Crippen LogP contribution in [0.3, 0.4) is 0 Å². The molecule has 5 heteroatoms. The number of hydrogen-bond acceptors (Lipinski definition) is 5. The number of aromatic nitrogens is 3. The summed E-state index contributed by atoms with van der Waals surface area (Å²) in [5.41, 5.74) is 6.81. The summed E-state index contributed by atoms with van der Waals surface area (Å²) in [6.07, 6.45) is 6.80. The molecular formula is C10H12N4S. The van der Waals surface area contributed by atoms with Crippen LogP contribution in [0.15, 0.2) is 12.4 Å². The third kappa shape index (κ3) is 1.85. The molecular weight excluding hydrogens is 208 g/mol. The minimum atomic E-state index is 0.269. The molecule has 4 nitrogen and oxygen atoms in total. The first-order valence-corrected chi connectivity index (χ1v) is 5.96. The molecule has 2 heterocycles. The van der Waals surface area contributed by atoms with Crippen LogP contribution in [-0.2, 0) is 6.42 Å². The van der Waals surface area contributed by atoms with Gasteiger partial charge in [-0.25, -0.2) is 15.0 Å². The number of thiazole rings is 1. The van der Waals surface area contributed by atoms with Gasteiger partial charge in [-0.1, -0.05) is 11.3 Å². The van der Waals surface area contributed by atoms with E-state index in [0.29, 0.717) is 0 Å². The van der Waals surface area contributed by atoms with Crippen LogP contribution < -0.4 is 5.73 Å². The Labute approximate surface area is 91.6 Å². The van der Waals surface area contributed by atoms with E-state index in [-0.39, 0.29) is 6.04 Å². The Morgan fingerprint density at radius 1 is 1.40 bits per heavy atom. The largest absolute Gasteiger partial charge is 0.327 e. The van der Waals surface area contributed by atoms with E-state index >= 15 is 0 Å². The fourth-order valence-electron chi connectivity index (χ4n) is 1.70. The molecule has 0 spiro atoms. The van der Waals surface area contributed by atoms with E-state index in [0.717, 1.165) is 27.8 Å². The van der Waals surface area contributed by atoms with E-state index in [1.807, 2.05) is 0 Å². The van der Waals surface area contributed by atoms with Gasteiger partial charge in [-0.3, -0.25) is 0 Å². The highest BCUT2D eigenvalue weighted by Gasteiger charge is 2.29. The van der Waals surface area contributed by atoms with Gasteiger partial charge in [0.15, 0.2) is 10.5 Å². The molecule has 0 aromatic carbocycles. The first-order chi connectivity index (χ1) is 7.33. The Hall–Kier alpha value is -1.07. The molecule has 0 radical (unpaired) electrons. The topological polar surface area (TPSA) is 64.7 Å². The fraction of sp³-hybridized carbons (Fsp3) is 0.500. The molecule has 1 saturated carbocycles. The summed E-state index contributed by atoms with van der Waals surface area (Å²) in [4.78, 5) is 13.7. The van der Waals surface area contributed by atoms with Gasteiger partial charge < -0.3 is 5.73 Å². The van der Waals surface area contributed by atoms with Gasteiger partial charge in [0.05, 0.1) is 5.01 Å². The van der Waals surface area contributed by atoms with E-state index in [1.165, 1.54) is 12.8 Å². The minimum Gasteiger partial charge on any atom is -0.327 e. The Balaban J connectivity index is 1.84. The molecule has 0 aliphatic heterocycles. The second-order valence-electron chi connectivity index (χ2n) is 4.00. The van der Waals surface area contributed by atoms with Crippen molar-refractivity contribution in [3.05, 3.63) is 17.4 Å². The molecule has 0 bridgehead atoms. The summed E-state index contributed by atoms with van der Waals surface area (Å²) in [5.74, 6) is 0.720. The maximum Gasteiger partial charge on any atom is 0.189 e. The lowest BCUT2D eigenvalue weighted by molar-refractivity contribution is 0.590. The Bertz CT molecular complexity index is 444. The van der Waals surface area contributed by atoms with Gasteiger partial charge in [-0.05, 0) is 18.8 Å². The quantitative estimate of drug-likeness (QED) is 0.848. The van der Waals surface area contributed by atoms with Crippen molar-refractivity contribution < 1.29 is 0 Å². The van der Waals surface area contributed by atoms with Crippen LogP contribution in [0.5, 0.6) is 0 Å². The zero-order valence-corrected chi connectivity index (χ0v) is 9.07. The van der Waals surface area contributed by atoms with Crippen molar-refractivity contribution in [1.82, 2.24) is 15.0 Å². The van der Waals surface area contributed by atoms with E-state index in [1.54, 1.807) is 23.7 Å². The van der Waals surface area contributed by atoms with E-state index < -0.39 is 0 Å². The zero-order chi connectivity index (χ0) is 10.3. The molecule has 2 aromatic rings. The van der Waals surface area contributed by atoms with Crippen LogP contribution in [-0.4, -0.2) is 21.0 Å². The second-order valence-corrected chi connectivity index (χ2v) is 5.06. The van der Waals surface area contributed by atoms with Gasteiger partial charge in [-0.15, -0.1) is 0 Å². The third-order valence-electron chi connectivity index (χ3n) is 2.73. The minimum absolute atomic E-state index is 0.269. The average Bonchev–Trinajstić information content (AvgIpc) is 2.99. The third-order valence-corrected chi connectivity index (χ3v) is 3.70. The van der Waals surface area contributed by atoms with Crippen LogP contribution in [0.1, 0.15) is 17.8 Å². The molecule has 3 rings (SSSR count). The molecule has 0 saturated heterocycles. The zero-order valence-electron chi connectivity index (χ0n) is 8.26. The summed E-state index contributed by atoms with van der Waals surface area (Å²) < 4.78 is 0. The first kappa shape index (κ1) is 9.18. The Kier molecular flexibility index (Phi) is 2.14. The van der Waals surface area contributed by atoms with Crippen LogP contribution in [0, 0.1) is 5.92 Å². The van der Waals surface area contributed by atoms with E-state index in [4.69, 9.17) is 5.73 Å². The summed E-state index contributed by atoms with van der Waals surface area (Å²) in [6.45, 7) is 0. The van der Waals surface area contributed by atoms with Crippen LogP contribution in [0.2, 0.25) is 0 Å². The van der Waals surface area contributed by atoms with Crippen molar-refractivity contribution in [2.24, 2.45) is 11.7 Å². The maximum absolute atomic E-state index is 6.06. The molecule has 1 aliphatic rings. The molecule has 78 valence electrons. The lowest BCUT2D eigenvalue weighted by Crippen LogP contribution is -2.24. The van der Waals surface area contributed by atoms with Gasteiger partial charge in [0, 0.05) is 24.9 Å². The highest BCUT2D eigenvalue weighted by molar-refractivity contribution is 7.18. The molecule has 0 amide bonds. The van der Waals surface area contributed by atoms with Gasteiger partial charge in [0.25, 0.3) is 0 Å². The molecule has 2 aromatic heterocycles. The monoisotopic (exact) mass is 220 g/mol. The van der Waals surface area contributed by atoms with Gasteiger partial charge in [-0.2, -0.15) is 0 Å². The van der Waals surface area contributed by atoms with Crippen molar-refractivity contribution in [2.45, 2.75) is 25.3 Å². The van der Waals surface area contributed by atoms with E-state index in [9.17, 15) is 0 Å². The van der Waals surface area contributed by atoms with Gasteiger partial charge in [0.1, 0.15) is 0 Å². The highest BCUT2D eigenvalue weighted by Crippen LogP contribution is 2.33. The second kappa shape index (κ2) is 3.50. The predicted molar refractivity (Wildman–Crippen MR) is 59.6 cm³/mol. The standard InChI is InChI=1S/C10H12N4S/c11-7(6-1-2-6)5-8-14-9-10(15-8)13-4-3-12-9/h3-4,6-7H,1-2,5,11H2. The predicted octanol–water partition coefficient (Wildman–Crippen LogP) is 1.37. The summed E-state index contributed by atoms with van der Waals surface area (Å²) in [5, 5.41) is 1.07. The summed E-state index contributed by atoms with van der Waals surface area (Å²) in [6, 6.07) is 0.269. The van der Waals surface area contributed by atoms with E-state index in [2.05, 4.69) is 15.0 Å². The summed E-state index contributed by atoms with van der Waals surface area (Å²) in [7, 11) is 0. The van der Waals surface area contributed by atoms with Gasteiger partial charge >= 0.3 is 0 Å². The molecule has 2 N–H and O–H groups in total. The Morgan fingerprint density at radius 3 is 2.93 bits per heavy atom. The van der Waals surface area contributed by atoms with Gasteiger partial charge in [0.2, 0.25) is 0 Å². The van der Waals surface area contributed by atoms with Crippen LogP contribution in [0.25, 0.3) is 10.5 Å². The van der Waals surface area contributed by atoms with Crippen molar-refractivity contribution >= 4 is 21.8 Å². The molecule has 1 unspecified atom stereocenters. The lowest BCUT2D eigenvalue weighted by atomic mass is 10.1. The van der Waals surface area contributed by atoms with Crippen LogP contribution in [0.4, 0.5) is 0 Å². The highest BCUT2D eigenvalue weighted by atomic mass is 32.1. The van der Waals surface area contributed by atoms with Crippen molar-refractivity contribution in [1.29, 1.82) is 0 Å². The van der Waals surface area contributed by atoms with Crippen molar-refractivity contribution in [3.63, 3.8) is 0 Å². The average molecular weight is 220 g/mol. The first-order valence-electron chi connectivity index (χ1n) is 5.15. The molecule has 15 heavy (non-hydrogen) atoms. The molecule has 1 atom stereocenters. The molecule has 1 fully saturated rings. The lowest BCUT2D eigenvalue weighted by Gasteiger charge is -2.05. The van der Waals surface area contributed by atoms with Crippen molar-refractivity contribution in [3.8, 4) is 0 Å². The fourth-order valence-corrected chi connectivity index (χ4v) is 2.63. The number of hydrogen-bond donors (Lipinski definition) is 1. The van der Waals surface area contributed by atoms with Crippen LogP contribution >= 0.6 is 11.3 Å².